The molecule has 0 radical (unpaired) electrons. The number of carbonyl (C=O) groups is 3. The summed E-state index contributed by atoms with van der Waals surface area (Å²) in [5, 5.41) is 2.48. The fourth-order valence-electron chi connectivity index (χ4n) is 3.33. The Labute approximate surface area is 137 Å². The number of hydrogen-bond donors (Lipinski definition) is 2. The quantitative estimate of drug-likeness (QED) is 0.726. The zero-order chi connectivity index (χ0) is 16.7. The molecule has 2 fully saturated rings. The highest BCUT2D eigenvalue weighted by Crippen LogP contribution is 2.26. The molecule has 1 heterocycles. The van der Waals surface area contributed by atoms with Gasteiger partial charge in [0.2, 0.25) is 17.7 Å². The van der Waals surface area contributed by atoms with E-state index in [9.17, 15) is 14.4 Å². The molecule has 23 heavy (non-hydrogen) atoms. The zero-order valence-electron chi connectivity index (χ0n) is 13.8. The molecule has 0 unspecified atom stereocenters. The molecular formula is C16H28N4O3. The van der Waals surface area contributed by atoms with Crippen molar-refractivity contribution >= 4 is 17.7 Å². The first kappa shape index (κ1) is 17.7. The van der Waals surface area contributed by atoms with Gasteiger partial charge in [-0.3, -0.25) is 14.4 Å². The van der Waals surface area contributed by atoms with Gasteiger partial charge in [-0.1, -0.05) is 19.3 Å². The standard InChI is InChI=1S/C16H28N4O3/c17-11-14(21)18-12-16(23)20-8-6-19(7-9-20)15(22)10-13-4-2-1-3-5-13/h13H,1-12,17H2,(H,18,21). The van der Waals surface area contributed by atoms with Crippen molar-refractivity contribution in [1.82, 2.24) is 15.1 Å². The molecule has 0 bridgehead atoms. The van der Waals surface area contributed by atoms with Crippen molar-refractivity contribution < 1.29 is 14.4 Å². The normalized spacial score (nSPS) is 19.5. The van der Waals surface area contributed by atoms with Crippen LogP contribution in [0.25, 0.3) is 0 Å². The van der Waals surface area contributed by atoms with Crippen molar-refractivity contribution in [3.63, 3.8) is 0 Å². The Bertz CT molecular complexity index is 427. The first-order valence-electron chi connectivity index (χ1n) is 8.62. The van der Waals surface area contributed by atoms with Gasteiger partial charge >= 0.3 is 0 Å². The van der Waals surface area contributed by atoms with Crippen molar-refractivity contribution in [2.24, 2.45) is 11.7 Å². The third-order valence-corrected chi connectivity index (χ3v) is 4.80. The molecular weight excluding hydrogens is 296 g/mol. The second-order valence-corrected chi connectivity index (χ2v) is 6.45. The third-order valence-electron chi connectivity index (χ3n) is 4.80. The van der Waals surface area contributed by atoms with Crippen molar-refractivity contribution in [3.8, 4) is 0 Å². The van der Waals surface area contributed by atoms with Crippen molar-refractivity contribution in [2.45, 2.75) is 38.5 Å². The van der Waals surface area contributed by atoms with Crippen LogP contribution in [0, 0.1) is 5.92 Å². The van der Waals surface area contributed by atoms with Crippen LogP contribution in [0.5, 0.6) is 0 Å². The van der Waals surface area contributed by atoms with Gasteiger partial charge in [0, 0.05) is 32.6 Å². The molecule has 1 aliphatic heterocycles. The maximum absolute atomic E-state index is 12.3. The Balaban J connectivity index is 1.69. The molecule has 130 valence electrons. The van der Waals surface area contributed by atoms with Gasteiger partial charge in [-0.25, -0.2) is 0 Å². The van der Waals surface area contributed by atoms with E-state index in [-0.39, 0.29) is 30.8 Å². The topological polar surface area (TPSA) is 95.7 Å². The highest BCUT2D eigenvalue weighted by Gasteiger charge is 2.26. The van der Waals surface area contributed by atoms with Crippen LogP contribution in [0.3, 0.4) is 0 Å². The van der Waals surface area contributed by atoms with Crippen LogP contribution in [0.4, 0.5) is 0 Å². The highest BCUT2D eigenvalue weighted by molar-refractivity contribution is 5.85. The summed E-state index contributed by atoms with van der Waals surface area (Å²) in [6, 6.07) is 0. The Morgan fingerprint density at radius 1 is 0.913 bits per heavy atom. The summed E-state index contributed by atoms with van der Waals surface area (Å²) in [5.74, 6) is 0.314. The van der Waals surface area contributed by atoms with E-state index in [1.807, 2.05) is 4.90 Å². The lowest BCUT2D eigenvalue weighted by molar-refractivity contribution is -0.140. The summed E-state index contributed by atoms with van der Waals surface area (Å²) in [6.07, 6.45) is 6.78. The molecule has 2 rings (SSSR count). The summed E-state index contributed by atoms with van der Waals surface area (Å²) in [5.41, 5.74) is 5.18. The van der Waals surface area contributed by atoms with E-state index in [0.717, 1.165) is 0 Å². The number of amides is 3. The van der Waals surface area contributed by atoms with E-state index in [2.05, 4.69) is 5.32 Å². The Morgan fingerprint density at radius 3 is 2.04 bits per heavy atom. The fourth-order valence-corrected chi connectivity index (χ4v) is 3.33. The Morgan fingerprint density at radius 2 is 1.48 bits per heavy atom. The van der Waals surface area contributed by atoms with Crippen LogP contribution in [-0.4, -0.2) is 66.8 Å². The molecule has 1 saturated heterocycles. The second-order valence-electron chi connectivity index (χ2n) is 6.45. The van der Waals surface area contributed by atoms with Crippen LogP contribution in [0.15, 0.2) is 0 Å². The average molecular weight is 324 g/mol. The van der Waals surface area contributed by atoms with Gasteiger partial charge in [-0.15, -0.1) is 0 Å². The number of carbonyl (C=O) groups excluding carboxylic acids is 3. The first-order chi connectivity index (χ1) is 11.1. The van der Waals surface area contributed by atoms with E-state index in [1.165, 1.54) is 32.1 Å². The number of nitrogens with one attached hydrogen (secondary N) is 1. The van der Waals surface area contributed by atoms with Crippen LogP contribution < -0.4 is 11.1 Å². The number of piperazine rings is 1. The fraction of sp³-hybridized carbons (Fsp3) is 0.812. The number of nitrogens with two attached hydrogens (primary N) is 1. The largest absolute Gasteiger partial charge is 0.346 e. The predicted molar refractivity (Wildman–Crippen MR) is 86.4 cm³/mol. The number of hydrogen-bond acceptors (Lipinski definition) is 4. The van der Waals surface area contributed by atoms with Gasteiger partial charge in [0.1, 0.15) is 0 Å². The molecule has 0 aromatic carbocycles. The van der Waals surface area contributed by atoms with E-state index in [1.54, 1.807) is 4.90 Å². The third kappa shape index (κ3) is 5.49. The lowest BCUT2D eigenvalue weighted by Gasteiger charge is -2.35. The molecule has 1 saturated carbocycles. The van der Waals surface area contributed by atoms with E-state index in [4.69, 9.17) is 5.73 Å². The summed E-state index contributed by atoms with van der Waals surface area (Å²) in [6.45, 7) is 2.11. The molecule has 7 nitrogen and oxygen atoms in total. The van der Waals surface area contributed by atoms with Crippen molar-refractivity contribution in [3.05, 3.63) is 0 Å². The van der Waals surface area contributed by atoms with E-state index < -0.39 is 0 Å². The van der Waals surface area contributed by atoms with Gasteiger partial charge in [-0.05, 0) is 18.8 Å². The summed E-state index contributed by atoms with van der Waals surface area (Å²) < 4.78 is 0. The van der Waals surface area contributed by atoms with Crippen molar-refractivity contribution in [2.75, 3.05) is 39.3 Å². The molecule has 2 aliphatic rings. The predicted octanol–water partition coefficient (Wildman–Crippen LogP) is -0.297. The monoisotopic (exact) mass is 324 g/mol. The smallest absolute Gasteiger partial charge is 0.242 e. The summed E-state index contributed by atoms with van der Waals surface area (Å²) >= 11 is 0. The molecule has 3 N–H and O–H groups in total. The molecule has 0 spiro atoms. The summed E-state index contributed by atoms with van der Waals surface area (Å²) in [4.78, 5) is 39.0. The van der Waals surface area contributed by atoms with Crippen LogP contribution >= 0.6 is 0 Å². The molecule has 1 aliphatic carbocycles. The maximum Gasteiger partial charge on any atom is 0.242 e. The maximum atomic E-state index is 12.3. The first-order valence-corrected chi connectivity index (χ1v) is 8.62. The SMILES string of the molecule is NCC(=O)NCC(=O)N1CCN(C(=O)CC2CCCCC2)CC1. The average Bonchev–Trinajstić information content (AvgIpc) is 2.60. The van der Waals surface area contributed by atoms with Crippen LogP contribution in [0.2, 0.25) is 0 Å². The van der Waals surface area contributed by atoms with Gasteiger partial charge < -0.3 is 20.9 Å². The van der Waals surface area contributed by atoms with Crippen molar-refractivity contribution in [1.29, 1.82) is 0 Å². The summed E-state index contributed by atoms with van der Waals surface area (Å²) in [7, 11) is 0. The zero-order valence-corrected chi connectivity index (χ0v) is 13.8. The minimum atomic E-state index is -0.334. The minimum Gasteiger partial charge on any atom is -0.346 e. The van der Waals surface area contributed by atoms with Gasteiger partial charge in [0.05, 0.1) is 13.1 Å². The number of nitrogens with zero attached hydrogens (tertiary/aromatic N) is 2. The molecule has 0 aromatic rings. The number of rotatable bonds is 5. The lowest BCUT2D eigenvalue weighted by Crippen LogP contribution is -2.53. The Kier molecular flexibility index (Phi) is 6.83. The van der Waals surface area contributed by atoms with Crippen LogP contribution in [-0.2, 0) is 14.4 Å². The molecule has 3 amide bonds. The van der Waals surface area contributed by atoms with Gasteiger partial charge in [0.15, 0.2) is 0 Å². The van der Waals surface area contributed by atoms with E-state index in [0.29, 0.717) is 38.5 Å². The Hall–Kier alpha value is -1.63. The molecule has 0 atom stereocenters. The van der Waals surface area contributed by atoms with Gasteiger partial charge in [-0.2, -0.15) is 0 Å². The lowest BCUT2D eigenvalue weighted by atomic mass is 9.86. The second kappa shape index (κ2) is 8.86. The van der Waals surface area contributed by atoms with E-state index >= 15 is 0 Å². The molecule has 7 heteroatoms. The minimum absolute atomic E-state index is 0.0218. The van der Waals surface area contributed by atoms with Gasteiger partial charge in [0.25, 0.3) is 0 Å². The highest BCUT2D eigenvalue weighted by atomic mass is 16.2. The molecule has 0 aromatic heterocycles. The van der Waals surface area contributed by atoms with Crippen LogP contribution in [0.1, 0.15) is 38.5 Å².